The van der Waals surface area contributed by atoms with Crippen molar-refractivity contribution < 1.29 is 14.3 Å². The lowest BCUT2D eigenvalue weighted by Gasteiger charge is -2.27. The number of piperidine rings is 1. The van der Waals surface area contributed by atoms with Crippen LogP contribution in [0.4, 0.5) is 0 Å². The molecule has 1 aromatic rings. The minimum atomic E-state index is 0.0105. The molecule has 0 amide bonds. The van der Waals surface area contributed by atoms with E-state index in [4.69, 9.17) is 9.47 Å². The number of ketones is 1. The van der Waals surface area contributed by atoms with Gasteiger partial charge in [-0.1, -0.05) is 13.0 Å². The first-order chi connectivity index (χ1) is 12.7. The second kappa shape index (κ2) is 9.86. The Morgan fingerprint density at radius 3 is 2.38 bits per heavy atom. The molecule has 26 heavy (non-hydrogen) atoms. The summed E-state index contributed by atoms with van der Waals surface area (Å²) in [6, 6.07) is 7.43. The Kier molecular flexibility index (Phi) is 7.23. The van der Waals surface area contributed by atoms with Gasteiger partial charge in [-0.05, 0) is 50.2 Å². The van der Waals surface area contributed by atoms with Crippen LogP contribution >= 0.6 is 0 Å². The number of Topliss-reactive ketones (excluding diaryl/α,β-unsaturated/α-hetero) is 1. The highest BCUT2D eigenvalue weighted by Crippen LogP contribution is 2.16. The summed E-state index contributed by atoms with van der Waals surface area (Å²) in [4.78, 5) is 17.2. The summed E-state index contributed by atoms with van der Waals surface area (Å²) in [5, 5.41) is 0. The quantitative estimate of drug-likeness (QED) is 0.528. The molecule has 0 N–H and O–H groups in total. The molecule has 0 saturated carbocycles. The van der Waals surface area contributed by atoms with Crippen LogP contribution < -0.4 is 4.74 Å². The lowest BCUT2D eigenvalue weighted by atomic mass is 10.0. The minimum absolute atomic E-state index is 0.0105. The van der Waals surface area contributed by atoms with Crippen molar-refractivity contribution in [3.63, 3.8) is 0 Å². The molecule has 0 aromatic heterocycles. The second-order valence-electron chi connectivity index (χ2n) is 7.10. The molecule has 5 heteroatoms. The van der Waals surface area contributed by atoms with Gasteiger partial charge in [-0.15, -0.1) is 0 Å². The molecule has 2 heterocycles. The predicted molar refractivity (Wildman–Crippen MR) is 103 cm³/mol. The van der Waals surface area contributed by atoms with E-state index in [-0.39, 0.29) is 5.78 Å². The van der Waals surface area contributed by atoms with Crippen molar-refractivity contribution in [2.24, 2.45) is 0 Å². The van der Waals surface area contributed by atoms with Crippen LogP contribution in [-0.4, -0.2) is 74.7 Å². The molecule has 0 atom stereocenters. The number of likely N-dealkylation sites (tertiary alicyclic amines) is 1. The van der Waals surface area contributed by atoms with Crippen LogP contribution in [0.2, 0.25) is 0 Å². The molecule has 142 valence electrons. The van der Waals surface area contributed by atoms with E-state index in [1.807, 2.05) is 24.3 Å². The number of rotatable bonds is 8. The van der Waals surface area contributed by atoms with Crippen molar-refractivity contribution in [1.82, 2.24) is 9.80 Å². The number of nitrogens with zero attached hydrogens (tertiary/aromatic N) is 2. The van der Waals surface area contributed by atoms with Gasteiger partial charge in [-0.2, -0.15) is 0 Å². The zero-order valence-electron chi connectivity index (χ0n) is 15.6. The Morgan fingerprint density at radius 1 is 1.00 bits per heavy atom. The summed E-state index contributed by atoms with van der Waals surface area (Å²) < 4.78 is 11.2. The fraction of sp³-hybridized carbons (Fsp3) is 0.571. The van der Waals surface area contributed by atoms with E-state index in [1.54, 1.807) is 0 Å². The third kappa shape index (κ3) is 5.66. The molecule has 2 saturated heterocycles. The van der Waals surface area contributed by atoms with Crippen LogP contribution in [0.25, 0.3) is 0 Å². The summed E-state index contributed by atoms with van der Waals surface area (Å²) in [7, 11) is 0. The van der Waals surface area contributed by atoms with Gasteiger partial charge in [0, 0.05) is 37.3 Å². The monoisotopic (exact) mass is 358 g/mol. The summed E-state index contributed by atoms with van der Waals surface area (Å²) >= 11 is 0. The number of carbonyl (C=O) groups excluding carboxylic acids is 1. The molecule has 3 rings (SSSR count). The summed E-state index contributed by atoms with van der Waals surface area (Å²) in [6.45, 7) is 11.8. The van der Waals surface area contributed by atoms with Crippen molar-refractivity contribution in [3.05, 3.63) is 42.0 Å². The van der Waals surface area contributed by atoms with Gasteiger partial charge < -0.3 is 9.47 Å². The Bertz CT molecular complexity index is 588. The number of carbonyl (C=O) groups is 1. The highest BCUT2D eigenvalue weighted by atomic mass is 16.5. The number of hydrogen-bond donors (Lipinski definition) is 0. The van der Waals surface area contributed by atoms with E-state index in [0.717, 1.165) is 38.6 Å². The first-order valence-corrected chi connectivity index (χ1v) is 9.70. The van der Waals surface area contributed by atoms with Crippen LogP contribution in [0.15, 0.2) is 36.4 Å². The van der Waals surface area contributed by atoms with Gasteiger partial charge in [0.2, 0.25) is 0 Å². The van der Waals surface area contributed by atoms with Crippen molar-refractivity contribution in [1.29, 1.82) is 0 Å². The topological polar surface area (TPSA) is 42.0 Å². The average Bonchev–Trinajstić information content (AvgIpc) is 2.69. The van der Waals surface area contributed by atoms with Gasteiger partial charge >= 0.3 is 0 Å². The molecule has 2 fully saturated rings. The first-order valence-electron chi connectivity index (χ1n) is 9.70. The van der Waals surface area contributed by atoms with Crippen LogP contribution in [0.3, 0.4) is 0 Å². The maximum atomic E-state index is 12.5. The van der Waals surface area contributed by atoms with Crippen LogP contribution in [0, 0.1) is 0 Å². The Balaban J connectivity index is 1.43. The fourth-order valence-electron chi connectivity index (χ4n) is 3.48. The van der Waals surface area contributed by atoms with Crippen molar-refractivity contribution >= 4 is 5.78 Å². The van der Waals surface area contributed by atoms with Crippen LogP contribution in [0.5, 0.6) is 5.75 Å². The summed E-state index contributed by atoms with van der Waals surface area (Å²) in [5.41, 5.74) is 1.30. The maximum absolute atomic E-state index is 12.5. The van der Waals surface area contributed by atoms with Gasteiger partial charge in [0.25, 0.3) is 0 Å². The van der Waals surface area contributed by atoms with Crippen LogP contribution in [0.1, 0.15) is 29.6 Å². The maximum Gasteiger partial charge on any atom is 0.189 e. The molecule has 0 unspecified atom stereocenters. The molecular weight excluding hydrogens is 328 g/mol. The van der Waals surface area contributed by atoms with Gasteiger partial charge in [0.15, 0.2) is 5.78 Å². The molecular formula is C21H30N2O3. The zero-order chi connectivity index (χ0) is 18.2. The summed E-state index contributed by atoms with van der Waals surface area (Å²) in [6.07, 6.45) is 3.94. The molecule has 1 aromatic carbocycles. The summed E-state index contributed by atoms with van der Waals surface area (Å²) in [5.74, 6) is 0.828. The molecule has 0 radical (unpaired) electrons. The molecule has 2 aliphatic heterocycles. The third-order valence-corrected chi connectivity index (χ3v) is 5.08. The van der Waals surface area contributed by atoms with E-state index in [0.29, 0.717) is 24.3 Å². The first kappa shape index (κ1) is 19.1. The van der Waals surface area contributed by atoms with Gasteiger partial charge in [-0.25, -0.2) is 0 Å². The van der Waals surface area contributed by atoms with E-state index >= 15 is 0 Å². The Morgan fingerprint density at radius 2 is 1.69 bits per heavy atom. The van der Waals surface area contributed by atoms with Gasteiger partial charge in [0.1, 0.15) is 12.4 Å². The van der Waals surface area contributed by atoms with Crippen molar-refractivity contribution in [2.75, 3.05) is 59.1 Å². The highest BCUT2D eigenvalue weighted by Gasteiger charge is 2.16. The minimum Gasteiger partial charge on any atom is -0.492 e. The molecule has 0 spiro atoms. The third-order valence-electron chi connectivity index (χ3n) is 5.08. The normalized spacial score (nSPS) is 19.2. The van der Waals surface area contributed by atoms with Gasteiger partial charge in [0.05, 0.1) is 13.2 Å². The Labute approximate surface area is 156 Å². The molecule has 2 aliphatic rings. The van der Waals surface area contributed by atoms with Crippen molar-refractivity contribution in [2.45, 2.75) is 19.3 Å². The van der Waals surface area contributed by atoms with Gasteiger partial charge in [-0.3, -0.25) is 14.6 Å². The van der Waals surface area contributed by atoms with Crippen LogP contribution in [-0.2, 0) is 4.74 Å². The largest absolute Gasteiger partial charge is 0.492 e. The fourth-order valence-corrected chi connectivity index (χ4v) is 3.48. The SMILES string of the molecule is C=C(CN1CCOCC1)C(=O)c1ccc(OCCN2CCCCC2)cc1. The second-order valence-corrected chi connectivity index (χ2v) is 7.10. The van der Waals surface area contributed by atoms with Crippen molar-refractivity contribution in [3.8, 4) is 5.75 Å². The highest BCUT2D eigenvalue weighted by molar-refractivity contribution is 6.08. The lowest BCUT2D eigenvalue weighted by molar-refractivity contribution is 0.0418. The number of benzene rings is 1. The number of morpholine rings is 1. The number of ether oxygens (including phenoxy) is 2. The van der Waals surface area contributed by atoms with E-state index < -0.39 is 0 Å². The number of hydrogen-bond acceptors (Lipinski definition) is 5. The zero-order valence-corrected chi connectivity index (χ0v) is 15.6. The molecule has 5 nitrogen and oxygen atoms in total. The average molecular weight is 358 g/mol. The smallest absolute Gasteiger partial charge is 0.189 e. The molecule has 0 bridgehead atoms. The Hall–Kier alpha value is -1.69. The molecule has 0 aliphatic carbocycles. The van der Waals surface area contributed by atoms with E-state index in [1.165, 1.54) is 32.4 Å². The van der Waals surface area contributed by atoms with E-state index in [2.05, 4.69) is 16.4 Å². The lowest BCUT2D eigenvalue weighted by Crippen LogP contribution is -2.38. The predicted octanol–water partition coefficient (Wildman–Crippen LogP) is 2.62. The standard InChI is InChI=1S/C21H30N2O3/c1-18(17-23-11-14-25-15-12-23)21(24)19-5-7-20(8-6-19)26-16-13-22-9-3-2-4-10-22/h5-8H,1-4,9-17H2. The van der Waals surface area contributed by atoms with E-state index in [9.17, 15) is 4.79 Å².